The molecule has 8 heteroatoms. The van der Waals surface area contributed by atoms with Gasteiger partial charge in [0.15, 0.2) is 18.1 Å². The summed E-state index contributed by atoms with van der Waals surface area (Å²) < 4.78 is 16.7. The molecule has 3 aromatic carbocycles. The Labute approximate surface area is 219 Å². The lowest BCUT2D eigenvalue weighted by Gasteiger charge is -2.11. The fraction of sp³-hybridized carbons (Fsp3) is 0.138. The van der Waals surface area contributed by atoms with E-state index in [0.717, 1.165) is 22.3 Å². The van der Waals surface area contributed by atoms with Crippen LogP contribution in [-0.2, 0) is 4.79 Å². The Kier molecular flexibility index (Phi) is 7.61. The number of nitriles is 1. The summed E-state index contributed by atoms with van der Waals surface area (Å²) in [6.45, 7) is 3.43. The Morgan fingerprint density at radius 3 is 2.27 bits per heavy atom. The van der Waals surface area contributed by atoms with Crippen LogP contribution < -0.4 is 9.47 Å². The van der Waals surface area contributed by atoms with Crippen LogP contribution >= 0.6 is 11.6 Å². The van der Waals surface area contributed by atoms with Crippen LogP contribution in [0.1, 0.15) is 22.3 Å². The molecule has 0 saturated carbocycles. The molecule has 0 amide bonds. The molecular formula is C29H23ClN2O5. The molecule has 0 radical (unpaired) electrons. The highest BCUT2D eigenvalue weighted by atomic mass is 35.5. The van der Waals surface area contributed by atoms with Gasteiger partial charge in [-0.2, -0.15) is 5.26 Å². The van der Waals surface area contributed by atoms with Crippen molar-refractivity contribution in [2.75, 3.05) is 13.7 Å². The molecular weight excluding hydrogens is 492 g/mol. The molecule has 4 aromatic rings. The third-order valence-corrected chi connectivity index (χ3v) is 5.86. The second-order valence-electron chi connectivity index (χ2n) is 8.30. The number of aliphatic imine (C=N–C) groups is 1. The first-order valence-corrected chi connectivity index (χ1v) is 11.7. The number of hydrogen-bond acceptors (Lipinski definition) is 6. The Balaban J connectivity index is 1.80. The predicted molar refractivity (Wildman–Crippen MR) is 142 cm³/mol. The van der Waals surface area contributed by atoms with Gasteiger partial charge in [0.2, 0.25) is 5.88 Å². The van der Waals surface area contributed by atoms with Crippen LogP contribution in [0.4, 0.5) is 5.88 Å². The summed E-state index contributed by atoms with van der Waals surface area (Å²) in [6, 6.07) is 21.1. The van der Waals surface area contributed by atoms with Crippen molar-refractivity contribution < 1.29 is 23.8 Å². The quantitative estimate of drug-likeness (QED) is 0.254. The fourth-order valence-corrected chi connectivity index (χ4v) is 4.01. The summed E-state index contributed by atoms with van der Waals surface area (Å²) in [5, 5.41) is 19.1. The van der Waals surface area contributed by atoms with Crippen molar-refractivity contribution in [3.63, 3.8) is 0 Å². The number of methoxy groups -OCH3 is 1. The number of furan rings is 1. The second-order valence-corrected chi connectivity index (χ2v) is 8.71. The molecule has 0 saturated heterocycles. The molecule has 0 aliphatic heterocycles. The monoisotopic (exact) mass is 514 g/mol. The number of carboxylic acids is 1. The SMILES string of the molecule is COc1cc(C=Nc2oc(-c3ccc(C)cc3)c(-c3ccc(C)cc3)c2C#N)cc(Cl)c1OCC(=O)O. The molecule has 7 nitrogen and oxygen atoms in total. The van der Waals surface area contributed by atoms with Crippen LogP contribution in [0.3, 0.4) is 0 Å². The molecule has 1 N–H and O–H groups in total. The zero-order valence-corrected chi connectivity index (χ0v) is 21.2. The minimum atomic E-state index is -1.14. The Morgan fingerprint density at radius 1 is 1.08 bits per heavy atom. The average Bonchev–Trinajstić information content (AvgIpc) is 3.25. The van der Waals surface area contributed by atoms with Gasteiger partial charge < -0.3 is 19.0 Å². The van der Waals surface area contributed by atoms with Gasteiger partial charge >= 0.3 is 5.97 Å². The van der Waals surface area contributed by atoms with Crippen molar-refractivity contribution in [2.24, 2.45) is 4.99 Å². The highest BCUT2D eigenvalue weighted by Gasteiger charge is 2.23. The molecule has 0 aliphatic carbocycles. The number of carboxylic acid groups (broad SMARTS) is 1. The fourth-order valence-electron chi connectivity index (χ4n) is 3.74. The molecule has 0 spiro atoms. The largest absolute Gasteiger partial charge is 0.493 e. The number of hydrogen-bond donors (Lipinski definition) is 1. The summed E-state index contributed by atoms with van der Waals surface area (Å²) in [4.78, 5) is 15.3. The van der Waals surface area contributed by atoms with E-state index in [1.807, 2.05) is 62.4 Å². The number of aryl methyl sites for hydroxylation is 2. The Hall–Kier alpha value is -4.54. The van der Waals surface area contributed by atoms with Gasteiger partial charge in [0, 0.05) is 17.3 Å². The van der Waals surface area contributed by atoms with Crippen LogP contribution in [0.25, 0.3) is 22.5 Å². The third kappa shape index (κ3) is 5.66. The van der Waals surface area contributed by atoms with Crippen LogP contribution in [0.2, 0.25) is 5.02 Å². The summed E-state index contributed by atoms with van der Waals surface area (Å²) in [7, 11) is 1.42. The topological polar surface area (TPSA) is 105 Å². The van der Waals surface area contributed by atoms with E-state index in [1.165, 1.54) is 13.3 Å². The van der Waals surface area contributed by atoms with Crippen LogP contribution in [-0.4, -0.2) is 31.0 Å². The van der Waals surface area contributed by atoms with E-state index in [0.29, 0.717) is 22.5 Å². The molecule has 0 unspecified atom stereocenters. The van der Waals surface area contributed by atoms with E-state index in [9.17, 15) is 10.1 Å². The predicted octanol–water partition coefficient (Wildman–Crippen LogP) is 6.98. The first-order valence-electron chi connectivity index (χ1n) is 11.3. The number of carbonyl (C=O) groups is 1. The van der Waals surface area contributed by atoms with E-state index in [-0.39, 0.29) is 22.4 Å². The Morgan fingerprint density at radius 2 is 1.70 bits per heavy atom. The number of halogens is 1. The zero-order chi connectivity index (χ0) is 26.5. The van der Waals surface area contributed by atoms with Gasteiger partial charge in [-0.15, -0.1) is 0 Å². The van der Waals surface area contributed by atoms with E-state index >= 15 is 0 Å². The van der Waals surface area contributed by atoms with Gasteiger partial charge in [0.05, 0.1) is 12.1 Å². The summed E-state index contributed by atoms with van der Waals surface area (Å²) in [5.74, 6) is -0.0894. The average molecular weight is 515 g/mol. The summed E-state index contributed by atoms with van der Waals surface area (Å²) in [6.07, 6.45) is 1.49. The minimum Gasteiger partial charge on any atom is -0.493 e. The van der Waals surface area contributed by atoms with Crippen molar-refractivity contribution in [1.82, 2.24) is 0 Å². The standard InChI is InChI=1S/C29H23ClN2O5/c1-17-4-8-20(9-5-17)26-22(14-31)29(37-27(26)21-10-6-18(2)7-11-21)32-15-19-12-23(30)28(24(13-19)35-3)36-16-25(33)34/h4-13,15H,16H2,1-3H3,(H,33,34). The van der Waals surface area contributed by atoms with Crippen LogP contribution in [0, 0.1) is 25.2 Å². The molecule has 0 aliphatic rings. The van der Waals surface area contributed by atoms with Crippen LogP contribution in [0.15, 0.2) is 70.1 Å². The van der Waals surface area contributed by atoms with Gasteiger partial charge in [-0.1, -0.05) is 71.3 Å². The van der Waals surface area contributed by atoms with Gasteiger partial charge in [-0.3, -0.25) is 0 Å². The maximum absolute atomic E-state index is 10.9. The normalized spacial score (nSPS) is 10.9. The maximum atomic E-state index is 10.9. The van der Waals surface area contributed by atoms with E-state index in [4.69, 9.17) is 30.6 Å². The molecule has 1 aromatic heterocycles. The van der Waals surface area contributed by atoms with Crippen LogP contribution in [0.5, 0.6) is 11.5 Å². The van der Waals surface area contributed by atoms with Crippen molar-refractivity contribution in [3.8, 4) is 40.0 Å². The van der Waals surface area contributed by atoms with Crippen molar-refractivity contribution in [2.45, 2.75) is 13.8 Å². The number of rotatable bonds is 8. The summed E-state index contributed by atoms with van der Waals surface area (Å²) in [5.41, 5.74) is 5.37. The number of ether oxygens (including phenoxy) is 2. The van der Waals surface area contributed by atoms with Gasteiger partial charge in [-0.05, 0) is 37.1 Å². The lowest BCUT2D eigenvalue weighted by Crippen LogP contribution is -2.10. The lowest BCUT2D eigenvalue weighted by atomic mass is 9.97. The van der Waals surface area contributed by atoms with E-state index in [1.54, 1.807) is 12.1 Å². The third-order valence-electron chi connectivity index (χ3n) is 5.58. The smallest absolute Gasteiger partial charge is 0.341 e. The van der Waals surface area contributed by atoms with Gasteiger partial charge in [0.25, 0.3) is 0 Å². The molecule has 37 heavy (non-hydrogen) atoms. The first-order chi connectivity index (χ1) is 17.8. The highest BCUT2D eigenvalue weighted by molar-refractivity contribution is 6.32. The first kappa shape index (κ1) is 25.5. The molecule has 0 fully saturated rings. The molecule has 0 bridgehead atoms. The minimum absolute atomic E-state index is 0.114. The molecule has 1 heterocycles. The summed E-state index contributed by atoms with van der Waals surface area (Å²) >= 11 is 6.32. The Bertz CT molecular complexity index is 1510. The van der Waals surface area contributed by atoms with Crippen molar-refractivity contribution in [1.29, 1.82) is 5.26 Å². The molecule has 0 atom stereocenters. The highest BCUT2D eigenvalue weighted by Crippen LogP contribution is 2.43. The molecule has 186 valence electrons. The molecule has 4 rings (SSSR count). The van der Waals surface area contributed by atoms with E-state index in [2.05, 4.69) is 11.1 Å². The van der Waals surface area contributed by atoms with Crippen molar-refractivity contribution >= 4 is 29.7 Å². The number of benzene rings is 3. The van der Waals surface area contributed by atoms with Gasteiger partial charge in [0.1, 0.15) is 17.4 Å². The van der Waals surface area contributed by atoms with Gasteiger partial charge in [-0.25, -0.2) is 9.79 Å². The zero-order valence-electron chi connectivity index (χ0n) is 20.4. The second kappa shape index (κ2) is 11.0. The van der Waals surface area contributed by atoms with E-state index < -0.39 is 12.6 Å². The van der Waals surface area contributed by atoms with Crippen molar-refractivity contribution in [3.05, 3.63) is 87.9 Å². The lowest BCUT2D eigenvalue weighted by molar-refractivity contribution is -0.139. The maximum Gasteiger partial charge on any atom is 0.341 e. The number of aliphatic carboxylic acids is 1. The number of nitrogens with zero attached hydrogens (tertiary/aromatic N) is 2.